The van der Waals surface area contributed by atoms with E-state index < -0.39 is 0 Å². The Morgan fingerprint density at radius 2 is 2.25 bits per heavy atom. The zero-order chi connectivity index (χ0) is 11.7. The third kappa shape index (κ3) is 2.64. The lowest BCUT2D eigenvalue weighted by molar-refractivity contribution is 0.0951. The zero-order valence-corrected chi connectivity index (χ0v) is 11.2. The number of amides is 1. The molecule has 1 aliphatic carbocycles. The SMILES string of the molecule is Cc1cc(C(=O)NCC2CC2C)ccc1Br. The van der Waals surface area contributed by atoms with Crippen molar-refractivity contribution in [1.29, 1.82) is 0 Å². The molecule has 0 heterocycles. The molecule has 1 fully saturated rings. The monoisotopic (exact) mass is 281 g/mol. The predicted molar refractivity (Wildman–Crippen MR) is 68.5 cm³/mol. The van der Waals surface area contributed by atoms with Crippen LogP contribution in [-0.4, -0.2) is 12.5 Å². The molecule has 2 atom stereocenters. The van der Waals surface area contributed by atoms with Crippen LogP contribution < -0.4 is 5.32 Å². The summed E-state index contributed by atoms with van der Waals surface area (Å²) in [7, 11) is 0. The second-order valence-corrected chi connectivity index (χ2v) is 5.50. The van der Waals surface area contributed by atoms with Crippen LogP contribution in [0.15, 0.2) is 22.7 Å². The third-order valence-corrected chi connectivity index (χ3v) is 4.11. The van der Waals surface area contributed by atoms with Crippen LogP contribution >= 0.6 is 15.9 Å². The third-order valence-electron chi connectivity index (χ3n) is 3.22. The Morgan fingerprint density at radius 3 is 2.81 bits per heavy atom. The lowest BCUT2D eigenvalue weighted by atomic mass is 10.1. The molecule has 3 heteroatoms. The second kappa shape index (κ2) is 4.58. The van der Waals surface area contributed by atoms with Crippen molar-refractivity contribution in [1.82, 2.24) is 5.32 Å². The molecule has 0 saturated heterocycles. The molecular formula is C13H16BrNO. The van der Waals surface area contributed by atoms with Crippen molar-refractivity contribution in [2.24, 2.45) is 11.8 Å². The van der Waals surface area contributed by atoms with E-state index in [4.69, 9.17) is 0 Å². The number of halogens is 1. The van der Waals surface area contributed by atoms with Gasteiger partial charge in [-0.2, -0.15) is 0 Å². The molecule has 1 N–H and O–H groups in total. The van der Waals surface area contributed by atoms with Crippen molar-refractivity contribution in [3.8, 4) is 0 Å². The van der Waals surface area contributed by atoms with E-state index in [1.54, 1.807) is 0 Å². The fourth-order valence-electron chi connectivity index (χ4n) is 1.80. The Hall–Kier alpha value is -0.830. The number of rotatable bonds is 3. The van der Waals surface area contributed by atoms with Crippen LogP contribution in [0.2, 0.25) is 0 Å². The van der Waals surface area contributed by atoms with E-state index in [-0.39, 0.29) is 5.91 Å². The number of carbonyl (C=O) groups is 1. The Balaban J connectivity index is 1.95. The molecule has 0 radical (unpaired) electrons. The number of nitrogens with one attached hydrogen (secondary N) is 1. The molecule has 1 aliphatic rings. The summed E-state index contributed by atoms with van der Waals surface area (Å²) in [6, 6.07) is 5.68. The molecule has 2 nitrogen and oxygen atoms in total. The van der Waals surface area contributed by atoms with Gasteiger partial charge in [-0.05, 0) is 48.9 Å². The summed E-state index contributed by atoms with van der Waals surface area (Å²) in [5.41, 5.74) is 1.83. The average molecular weight is 282 g/mol. The van der Waals surface area contributed by atoms with Crippen molar-refractivity contribution in [3.63, 3.8) is 0 Å². The number of carbonyl (C=O) groups excluding carboxylic acids is 1. The van der Waals surface area contributed by atoms with Crippen molar-refractivity contribution < 1.29 is 4.79 Å². The van der Waals surface area contributed by atoms with Gasteiger partial charge in [0.25, 0.3) is 5.91 Å². The van der Waals surface area contributed by atoms with E-state index in [1.807, 2.05) is 25.1 Å². The molecule has 16 heavy (non-hydrogen) atoms. The minimum absolute atomic E-state index is 0.0368. The Labute approximate surface area is 105 Å². The fraction of sp³-hybridized carbons (Fsp3) is 0.462. The average Bonchev–Trinajstić information content (AvgIpc) is 2.95. The van der Waals surface area contributed by atoms with E-state index >= 15 is 0 Å². The van der Waals surface area contributed by atoms with E-state index in [1.165, 1.54) is 6.42 Å². The van der Waals surface area contributed by atoms with Crippen LogP contribution in [0.4, 0.5) is 0 Å². The Bertz CT molecular complexity index is 416. The first-order valence-corrected chi connectivity index (χ1v) is 6.41. The summed E-state index contributed by atoms with van der Waals surface area (Å²) >= 11 is 3.43. The van der Waals surface area contributed by atoms with Crippen LogP contribution in [0.5, 0.6) is 0 Å². The van der Waals surface area contributed by atoms with E-state index in [2.05, 4.69) is 28.2 Å². The van der Waals surface area contributed by atoms with Crippen LogP contribution in [0.25, 0.3) is 0 Å². The highest BCUT2D eigenvalue weighted by Gasteiger charge is 2.32. The normalized spacial score (nSPS) is 22.9. The summed E-state index contributed by atoms with van der Waals surface area (Å²) < 4.78 is 1.04. The van der Waals surface area contributed by atoms with Crippen molar-refractivity contribution in [3.05, 3.63) is 33.8 Å². The summed E-state index contributed by atoms with van der Waals surface area (Å²) in [5, 5.41) is 2.98. The maximum atomic E-state index is 11.8. The summed E-state index contributed by atoms with van der Waals surface area (Å²) in [4.78, 5) is 11.8. The molecule has 0 spiro atoms. The van der Waals surface area contributed by atoms with Gasteiger partial charge in [0.2, 0.25) is 0 Å². The van der Waals surface area contributed by atoms with E-state index in [0.717, 1.165) is 28.1 Å². The van der Waals surface area contributed by atoms with Gasteiger partial charge >= 0.3 is 0 Å². The summed E-state index contributed by atoms with van der Waals surface area (Å²) in [5.74, 6) is 1.52. The van der Waals surface area contributed by atoms with Gasteiger partial charge in [0, 0.05) is 16.6 Å². The van der Waals surface area contributed by atoms with Crippen LogP contribution in [0.3, 0.4) is 0 Å². The second-order valence-electron chi connectivity index (χ2n) is 4.65. The fourth-order valence-corrected chi connectivity index (χ4v) is 2.04. The molecule has 86 valence electrons. The molecule has 1 amide bonds. The first kappa shape index (κ1) is 11.6. The standard InChI is InChI=1S/C13H16BrNO/c1-8-5-11(8)7-15-13(16)10-3-4-12(14)9(2)6-10/h3-4,6,8,11H,5,7H2,1-2H3,(H,15,16). The van der Waals surface area contributed by atoms with Gasteiger partial charge in [-0.25, -0.2) is 0 Å². The minimum atomic E-state index is 0.0368. The first-order chi connectivity index (χ1) is 7.58. The van der Waals surface area contributed by atoms with E-state index in [9.17, 15) is 4.79 Å². The Kier molecular flexibility index (Phi) is 3.33. The van der Waals surface area contributed by atoms with Gasteiger partial charge in [-0.1, -0.05) is 22.9 Å². The van der Waals surface area contributed by atoms with Gasteiger partial charge in [-0.15, -0.1) is 0 Å². The quantitative estimate of drug-likeness (QED) is 0.906. The van der Waals surface area contributed by atoms with Gasteiger partial charge in [0.05, 0.1) is 0 Å². The van der Waals surface area contributed by atoms with E-state index in [0.29, 0.717) is 5.92 Å². The van der Waals surface area contributed by atoms with Crippen LogP contribution in [0.1, 0.15) is 29.3 Å². The smallest absolute Gasteiger partial charge is 0.251 e. The number of benzene rings is 1. The Morgan fingerprint density at radius 1 is 1.56 bits per heavy atom. The number of hydrogen-bond donors (Lipinski definition) is 1. The van der Waals surface area contributed by atoms with Crippen molar-refractivity contribution in [2.75, 3.05) is 6.54 Å². The predicted octanol–water partition coefficient (Wildman–Crippen LogP) is 3.14. The highest BCUT2D eigenvalue weighted by Crippen LogP contribution is 2.36. The largest absolute Gasteiger partial charge is 0.352 e. The highest BCUT2D eigenvalue weighted by molar-refractivity contribution is 9.10. The first-order valence-electron chi connectivity index (χ1n) is 5.62. The van der Waals surface area contributed by atoms with Crippen LogP contribution in [-0.2, 0) is 0 Å². The van der Waals surface area contributed by atoms with Gasteiger partial charge < -0.3 is 5.32 Å². The highest BCUT2D eigenvalue weighted by atomic mass is 79.9. The molecular weight excluding hydrogens is 266 g/mol. The molecule has 1 aromatic carbocycles. The molecule has 0 bridgehead atoms. The summed E-state index contributed by atoms with van der Waals surface area (Å²) in [6.07, 6.45) is 1.25. The van der Waals surface area contributed by atoms with Crippen molar-refractivity contribution in [2.45, 2.75) is 20.3 Å². The summed E-state index contributed by atoms with van der Waals surface area (Å²) in [6.45, 7) is 5.03. The zero-order valence-electron chi connectivity index (χ0n) is 9.59. The van der Waals surface area contributed by atoms with Crippen molar-refractivity contribution >= 4 is 21.8 Å². The molecule has 1 saturated carbocycles. The topological polar surface area (TPSA) is 29.1 Å². The molecule has 1 aromatic rings. The number of hydrogen-bond acceptors (Lipinski definition) is 1. The van der Waals surface area contributed by atoms with Gasteiger partial charge in [-0.3, -0.25) is 4.79 Å². The maximum Gasteiger partial charge on any atom is 0.251 e. The molecule has 0 aromatic heterocycles. The lowest BCUT2D eigenvalue weighted by Gasteiger charge is -2.06. The number of aryl methyl sites for hydroxylation is 1. The molecule has 2 rings (SSSR count). The minimum Gasteiger partial charge on any atom is -0.352 e. The van der Waals surface area contributed by atoms with Crippen LogP contribution in [0, 0.1) is 18.8 Å². The molecule has 0 aliphatic heterocycles. The van der Waals surface area contributed by atoms with Gasteiger partial charge in [0.1, 0.15) is 0 Å². The van der Waals surface area contributed by atoms with Gasteiger partial charge in [0.15, 0.2) is 0 Å². The maximum absolute atomic E-state index is 11.8. The molecule has 2 unspecified atom stereocenters. The lowest BCUT2D eigenvalue weighted by Crippen LogP contribution is -2.25.